The Hall–Kier alpha value is -2.16. The average molecular weight is 281 g/mol. The second kappa shape index (κ2) is 5.32. The van der Waals surface area contributed by atoms with Crippen molar-refractivity contribution in [1.29, 1.82) is 0 Å². The number of ether oxygens (including phenoxy) is 2. The van der Waals surface area contributed by atoms with E-state index in [0.29, 0.717) is 13.2 Å². The lowest BCUT2D eigenvalue weighted by molar-refractivity contribution is 0.171. The van der Waals surface area contributed by atoms with Gasteiger partial charge < -0.3 is 14.8 Å². The Morgan fingerprint density at radius 2 is 1.71 bits per heavy atom. The fraction of sp³-hybridized carbons (Fsp3) is 0.333. The zero-order chi connectivity index (χ0) is 14.1. The van der Waals surface area contributed by atoms with Gasteiger partial charge in [-0.25, -0.2) is 0 Å². The van der Waals surface area contributed by atoms with Crippen molar-refractivity contribution in [2.75, 3.05) is 18.5 Å². The lowest BCUT2D eigenvalue weighted by Gasteiger charge is -2.19. The van der Waals surface area contributed by atoms with Crippen molar-refractivity contribution < 1.29 is 9.47 Å². The van der Waals surface area contributed by atoms with Crippen molar-refractivity contribution in [3.63, 3.8) is 0 Å². The van der Waals surface area contributed by atoms with Crippen LogP contribution in [0.2, 0.25) is 0 Å². The molecule has 0 unspecified atom stereocenters. The minimum Gasteiger partial charge on any atom is -0.486 e. The van der Waals surface area contributed by atoms with Crippen molar-refractivity contribution in [3.05, 3.63) is 53.1 Å². The van der Waals surface area contributed by atoms with E-state index in [9.17, 15) is 0 Å². The Morgan fingerprint density at radius 3 is 2.67 bits per heavy atom. The highest BCUT2D eigenvalue weighted by Gasteiger charge is 2.12. The first-order chi connectivity index (χ1) is 10.4. The van der Waals surface area contributed by atoms with Gasteiger partial charge in [0, 0.05) is 18.3 Å². The highest BCUT2D eigenvalue weighted by Crippen LogP contribution is 2.32. The standard InChI is InChI=1S/C18H19NO2/c1-2-14-5-4-13(10-15(14)3-1)12-19-16-6-7-17-18(11-16)21-9-8-20-17/h4-7,10-11,19H,1-3,8-9,12H2. The van der Waals surface area contributed by atoms with Crippen LogP contribution in [0.4, 0.5) is 5.69 Å². The van der Waals surface area contributed by atoms with Gasteiger partial charge in [0.15, 0.2) is 11.5 Å². The van der Waals surface area contributed by atoms with Gasteiger partial charge in [0.25, 0.3) is 0 Å². The second-order valence-corrected chi connectivity index (χ2v) is 5.67. The van der Waals surface area contributed by atoms with Gasteiger partial charge in [0.05, 0.1) is 0 Å². The summed E-state index contributed by atoms with van der Waals surface area (Å²) in [4.78, 5) is 0. The maximum Gasteiger partial charge on any atom is 0.163 e. The Morgan fingerprint density at radius 1 is 0.857 bits per heavy atom. The van der Waals surface area contributed by atoms with Gasteiger partial charge in [-0.2, -0.15) is 0 Å². The molecule has 4 rings (SSSR count). The molecule has 0 radical (unpaired) electrons. The van der Waals surface area contributed by atoms with Gasteiger partial charge in [0.2, 0.25) is 0 Å². The molecule has 0 bridgehead atoms. The zero-order valence-electron chi connectivity index (χ0n) is 12.0. The van der Waals surface area contributed by atoms with Gasteiger partial charge in [-0.1, -0.05) is 18.2 Å². The van der Waals surface area contributed by atoms with E-state index in [2.05, 4.69) is 23.5 Å². The lowest BCUT2D eigenvalue weighted by atomic mass is 10.1. The summed E-state index contributed by atoms with van der Waals surface area (Å²) in [5.74, 6) is 1.67. The van der Waals surface area contributed by atoms with Gasteiger partial charge in [-0.15, -0.1) is 0 Å². The van der Waals surface area contributed by atoms with Crippen LogP contribution in [-0.4, -0.2) is 13.2 Å². The van der Waals surface area contributed by atoms with Crippen molar-refractivity contribution in [2.24, 2.45) is 0 Å². The smallest absolute Gasteiger partial charge is 0.163 e. The van der Waals surface area contributed by atoms with E-state index in [1.807, 2.05) is 18.2 Å². The molecule has 3 heteroatoms. The molecule has 0 fully saturated rings. The zero-order valence-corrected chi connectivity index (χ0v) is 12.0. The van der Waals surface area contributed by atoms with Crippen LogP contribution in [0.25, 0.3) is 0 Å². The molecule has 21 heavy (non-hydrogen) atoms. The van der Waals surface area contributed by atoms with E-state index < -0.39 is 0 Å². The number of aryl methyl sites for hydroxylation is 2. The minimum atomic E-state index is 0.626. The molecule has 1 aliphatic heterocycles. The van der Waals surface area contributed by atoms with E-state index in [0.717, 1.165) is 23.7 Å². The van der Waals surface area contributed by atoms with Crippen LogP contribution >= 0.6 is 0 Å². The first-order valence-electron chi connectivity index (χ1n) is 7.63. The number of hydrogen-bond donors (Lipinski definition) is 1. The fourth-order valence-electron chi connectivity index (χ4n) is 3.09. The number of benzene rings is 2. The SMILES string of the molecule is c1cc2c(cc1CNc1ccc3c(c1)OCCO3)CCC2. The molecule has 2 aliphatic rings. The largest absolute Gasteiger partial charge is 0.486 e. The maximum absolute atomic E-state index is 5.61. The van der Waals surface area contributed by atoms with Crippen molar-refractivity contribution in [2.45, 2.75) is 25.8 Å². The summed E-state index contributed by atoms with van der Waals surface area (Å²) in [6.45, 7) is 2.10. The normalized spacial score (nSPS) is 15.6. The highest BCUT2D eigenvalue weighted by molar-refractivity contribution is 5.55. The number of rotatable bonds is 3. The van der Waals surface area contributed by atoms with Crippen molar-refractivity contribution >= 4 is 5.69 Å². The first-order valence-corrected chi connectivity index (χ1v) is 7.63. The molecule has 0 spiro atoms. The fourth-order valence-corrected chi connectivity index (χ4v) is 3.09. The van der Waals surface area contributed by atoms with Gasteiger partial charge in [-0.05, 0) is 48.1 Å². The summed E-state index contributed by atoms with van der Waals surface area (Å²) >= 11 is 0. The minimum absolute atomic E-state index is 0.626. The average Bonchev–Trinajstić information content (AvgIpc) is 3.00. The Balaban J connectivity index is 1.47. The van der Waals surface area contributed by atoms with E-state index in [1.54, 1.807) is 0 Å². The molecule has 2 aromatic carbocycles. The summed E-state index contributed by atoms with van der Waals surface area (Å²) in [6, 6.07) is 12.9. The van der Waals surface area contributed by atoms with Crippen LogP contribution in [0.3, 0.4) is 0 Å². The third-order valence-corrected chi connectivity index (χ3v) is 4.20. The van der Waals surface area contributed by atoms with Gasteiger partial charge in [-0.3, -0.25) is 0 Å². The molecule has 0 saturated heterocycles. The van der Waals surface area contributed by atoms with E-state index in [1.165, 1.54) is 36.0 Å². The van der Waals surface area contributed by atoms with Gasteiger partial charge >= 0.3 is 0 Å². The van der Waals surface area contributed by atoms with Crippen LogP contribution in [0.1, 0.15) is 23.1 Å². The molecule has 108 valence electrons. The number of fused-ring (bicyclic) bond motifs is 2. The molecule has 2 aromatic rings. The topological polar surface area (TPSA) is 30.5 Å². The van der Waals surface area contributed by atoms with Crippen LogP contribution in [0.15, 0.2) is 36.4 Å². The van der Waals surface area contributed by atoms with E-state index in [-0.39, 0.29) is 0 Å². The molecule has 0 atom stereocenters. The first kappa shape index (κ1) is 12.6. The Bertz CT molecular complexity index is 666. The highest BCUT2D eigenvalue weighted by atomic mass is 16.6. The molecular formula is C18H19NO2. The van der Waals surface area contributed by atoms with E-state index >= 15 is 0 Å². The second-order valence-electron chi connectivity index (χ2n) is 5.67. The van der Waals surface area contributed by atoms with Crippen LogP contribution in [-0.2, 0) is 19.4 Å². The number of nitrogens with one attached hydrogen (secondary N) is 1. The maximum atomic E-state index is 5.61. The molecule has 1 aliphatic carbocycles. The summed E-state index contributed by atoms with van der Waals surface area (Å²) < 4.78 is 11.2. The predicted octanol–water partition coefficient (Wildman–Crippen LogP) is 3.56. The monoisotopic (exact) mass is 281 g/mol. The molecule has 0 amide bonds. The quantitative estimate of drug-likeness (QED) is 0.933. The molecule has 0 aromatic heterocycles. The number of hydrogen-bond acceptors (Lipinski definition) is 3. The lowest BCUT2D eigenvalue weighted by Crippen LogP contribution is -2.15. The number of anilines is 1. The summed E-state index contributed by atoms with van der Waals surface area (Å²) in [6.07, 6.45) is 3.77. The molecule has 3 nitrogen and oxygen atoms in total. The van der Waals surface area contributed by atoms with Crippen LogP contribution in [0, 0.1) is 0 Å². The van der Waals surface area contributed by atoms with Crippen LogP contribution < -0.4 is 14.8 Å². The Labute approximate surface area is 124 Å². The van der Waals surface area contributed by atoms with Crippen molar-refractivity contribution in [3.8, 4) is 11.5 Å². The summed E-state index contributed by atoms with van der Waals surface area (Å²) in [5, 5.41) is 3.47. The van der Waals surface area contributed by atoms with Crippen LogP contribution in [0.5, 0.6) is 11.5 Å². The molecule has 1 N–H and O–H groups in total. The van der Waals surface area contributed by atoms with Crippen molar-refractivity contribution in [1.82, 2.24) is 0 Å². The van der Waals surface area contributed by atoms with E-state index in [4.69, 9.17) is 9.47 Å². The molecule has 1 heterocycles. The van der Waals surface area contributed by atoms with Gasteiger partial charge in [0.1, 0.15) is 13.2 Å². The summed E-state index contributed by atoms with van der Waals surface area (Å²) in [7, 11) is 0. The third-order valence-electron chi connectivity index (χ3n) is 4.20. The molecular weight excluding hydrogens is 262 g/mol. The predicted molar refractivity (Wildman–Crippen MR) is 83.2 cm³/mol. The Kier molecular flexibility index (Phi) is 3.18. The third kappa shape index (κ3) is 2.56. The summed E-state index contributed by atoms with van der Waals surface area (Å²) in [5.41, 5.74) is 5.46. The molecule has 0 saturated carbocycles.